The zero-order valence-electron chi connectivity index (χ0n) is 59.7. The molecule has 0 aliphatic carbocycles. The van der Waals surface area contributed by atoms with Gasteiger partial charge in [-0.2, -0.15) is 0 Å². The van der Waals surface area contributed by atoms with E-state index in [0.717, 1.165) is 67.8 Å². The summed E-state index contributed by atoms with van der Waals surface area (Å²) in [6.07, 6.45) is 0. The fraction of sp³-hybridized carbons (Fsp3) is 0.122. The van der Waals surface area contributed by atoms with Crippen LogP contribution in [0, 0.1) is 0 Å². The highest BCUT2D eigenvalue weighted by Crippen LogP contribution is 2.56. The summed E-state index contributed by atoms with van der Waals surface area (Å²) in [4.78, 5) is 5.49. The van der Waals surface area contributed by atoms with Gasteiger partial charge in [-0.05, 0) is 189 Å². The molecule has 2 aromatic heterocycles. The van der Waals surface area contributed by atoms with Gasteiger partial charge in [-0.15, -0.1) is 0 Å². The molecule has 0 N–H and O–H groups in total. The zero-order valence-corrected chi connectivity index (χ0v) is 59.7. The number of benzene rings is 16. The quantitative estimate of drug-likeness (QED) is 0.0856. The van der Waals surface area contributed by atoms with Crippen LogP contribution in [0.3, 0.4) is 0 Å². The molecule has 0 atom stereocenters. The van der Waals surface area contributed by atoms with Gasteiger partial charge < -0.3 is 18.9 Å². The maximum absolute atomic E-state index is 2.75. The van der Waals surface area contributed by atoms with E-state index in [9.17, 15) is 0 Å². The Morgan fingerprint density at radius 3 is 0.951 bits per heavy atom. The van der Waals surface area contributed by atoms with Crippen molar-refractivity contribution in [2.45, 2.75) is 78.6 Å². The fourth-order valence-corrected chi connectivity index (χ4v) is 17.8. The van der Waals surface area contributed by atoms with Crippen LogP contribution in [0.15, 0.2) is 303 Å². The SMILES string of the molecule is CC(C)(C)c1cc(-c2ccccc2)c(N2c3cc(-n4c5ccccc5c5ccccc54)ccc3B3c4ccc(-n5c6ccc7cccc8c9cccc%10ccc5c(c%109)c6c78)cc4N(c4c(-c5ccccc5)cc(C(C)(C)C)cc4-c4ccccc4)c4cc(C(C)(C)C)cc2c43)c(-c2ccccc2)c1. The Bertz CT molecular complexity index is 6200. The van der Waals surface area contributed by atoms with Gasteiger partial charge in [-0.3, -0.25) is 0 Å². The Morgan fingerprint density at radius 1 is 0.252 bits per heavy atom. The Hall–Kier alpha value is -11.9. The second-order valence-electron chi connectivity index (χ2n) is 32.0. The number of aromatic nitrogens is 2. The number of nitrogens with zero attached hydrogens (tertiary/aromatic N) is 4. The molecule has 0 spiro atoms. The minimum absolute atomic E-state index is 0.188. The molecule has 5 heteroatoms. The lowest BCUT2D eigenvalue weighted by Crippen LogP contribution is -2.61. The Morgan fingerprint density at radius 2 is 0.583 bits per heavy atom. The van der Waals surface area contributed by atoms with Gasteiger partial charge in [0.25, 0.3) is 6.71 Å². The molecule has 2 aliphatic rings. The topological polar surface area (TPSA) is 16.3 Å². The van der Waals surface area contributed by atoms with Gasteiger partial charge in [-0.25, -0.2) is 0 Å². The molecule has 4 nitrogen and oxygen atoms in total. The van der Waals surface area contributed by atoms with Crippen molar-refractivity contribution in [3.63, 3.8) is 0 Å². The first-order chi connectivity index (χ1) is 50.0. The monoisotopic (exact) mass is 1320 g/mol. The summed E-state index contributed by atoms with van der Waals surface area (Å²) in [5.74, 6) is 0. The maximum atomic E-state index is 2.75. The summed E-state index contributed by atoms with van der Waals surface area (Å²) in [5, 5.41) is 12.9. The van der Waals surface area contributed by atoms with E-state index in [-0.39, 0.29) is 23.0 Å². The van der Waals surface area contributed by atoms with Gasteiger partial charge >= 0.3 is 0 Å². The molecule has 20 rings (SSSR count). The highest BCUT2D eigenvalue weighted by Gasteiger charge is 2.47. The maximum Gasteiger partial charge on any atom is 0.252 e. The van der Waals surface area contributed by atoms with Crippen molar-refractivity contribution >= 4 is 133 Å². The first-order valence-corrected chi connectivity index (χ1v) is 36.6. The van der Waals surface area contributed by atoms with Crippen molar-refractivity contribution in [1.29, 1.82) is 0 Å². The van der Waals surface area contributed by atoms with Crippen LogP contribution in [0.5, 0.6) is 0 Å². The molecule has 492 valence electrons. The van der Waals surface area contributed by atoms with Crippen LogP contribution in [0.4, 0.5) is 34.1 Å². The summed E-state index contributed by atoms with van der Waals surface area (Å²) in [6.45, 7) is 21.2. The lowest BCUT2D eigenvalue weighted by atomic mass is 9.33. The Balaban J connectivity index is 0.974. The first-order valence-electron chi connectivity index (χ1n) is 36.6. The van der Waals surface area contributed by atoms with Gasteiger partial charge in [0.15, 0.2) is 0 Å². The van der Waals surface area contributed by atoms with Crippen molar-refractivity contribution in [2.75, 3.05) is 9.80 Å². The fourth-order valence-electron chi connectivity index (χ4n) is 17.8. The van der Waals surface area contributed by atoms with E-state index in [2.05, 4.69) is 385 Å². The average Bonchev–Trinajstić information content (AvgIpc) is 1.66. The van der Waals surface area contributed by atoms with E-state index in [1.807, 2.05) is 0 Å². The van der Waals surface area contributed by atoms with E-state index >= 15 is 0 Å². The summed E-state index contributed by atoms with van der Waals surface area (Å²) < 4.78 is 5.11. The molecular formula is C98H77BN4. The molecule has 16 aromatic carbocycles. The Labute approximate surface area is 602 Å². The van der Waals surface area contributed by atoms with Crippen LogP contribution in [-0.2, 0) is 16.2 Å². The van der Waals surface area contributed by atoms with Crippen molar-refractivity contribution in [3.8, 4) is 55.9 Å². The normalized spacial score (nSPS) is 13.2. The molecule has 4 heterocycles. The van der Waals surface area contributed by atoms with E-state index in [1.54, 1.807) is 0 Å². The minimum Gasteiger partial charge on any atom is -0.310 e. The second kappa shape index (κ2) is 22.3. The van der Waals surface area contributed by atoms with Gasteiger partial charge in [0.05, 0.1) is 33.4 Å². The number of rotatable bonds is 8. The predicted octanol–water partition coefficient (Wildman–Crippen LogP) is 24.9. The third kappa shape index (κ3) is 9.17. The van der Waals surface area contributed by atoms with Gasteiger partial charge in [-0.1, -0.05) is 281 Å². The molecule has 0 saturated carbocycles. The Kier molecular flexibility index (Phi) is 13.2. The molecular weight excluding hydrogens is 1240 g/mol. The standard InChI is InChI=1S/C98H77BN4/c1-96(2,3)66-52-75(60-28-14-10-15-29-60)94(76(53-66)61-30-16-11-17-31-61)102-85-58-69(100-81-42-24-22-38-71(81)72-39-23-25-43-82(72)100)46-48-79(85)99-80-49-47-70(101-83-50-44-64-36-26-40-73-74-41-27-37-65-45-51-84(101)92(90(65)74)91(83)89(64)73)59-86(80)103(88-57-68(98(7,8)9)56-87(102)93(88)99)95-77(62-32-18-12-19-33-62)54-67(97(4,5)6)55-78(95)63-34-20-13-21-35-63/h10-59H,1-9H3. The molecule has 0 amide bonds. The summed E-state index contributed by atoms with van der Waals surface area (Å²) in [6, 6.07) is 116. The van der Waals surface area contributed by atoms with Gasteiger partial charge in [0, 0.05) is 77.9 Å². The summed E-state index contributed by atoms with van der Waals surface area (Å²) in [7, 11) is 0. The average molecular weight is 1320 g/mol. The molecule has 0 bridgehead atoms. The largest absolute Gasteiger partial charge is 0.310 e. The van der Waals surface area contributed by atoms with Crippen LogP contribution in [0.25, 0.3) is 132 Å². The van der Waals surface area contributed by atoms with Crippen molar-refractivity contribution in [3.05, 3.63) is 320 Å². The number of hydrogen-bond acceptors (Lipinski definition) is 2. The molecule has 0 saturated heterocycles. The first kappa shape index (κ1) is 61.0. The van der Waals surface area contributed by atoms with Gasteiger partial charge in [0.1, 0.15) is 0 Å². The van der Waals surface area contributed by atoms with Crippen molar-refractivity contribution in [2.24, 2.45) is 0 Å². The van der Waals surface area contributed by atoms with E-state index in [0.29, 0.717) is 0 Å². The zero-order chi connectivity index (χ0) is 69.5. The molecule has 103 heavy (non-hydrogen) atoms. The highest BCUT2D eigenvalue weighted by atomic mass is 15.2. The van der Waals surface area contributed by atoms with Crippen molar-refractivity contribution < 1.29 is 0 Å². The third-order valence-electron chi connectivity index (χ3n) is 22.8. The lowest BCUT2D eigenvalue weighted by molar-refractivity contribution is 0.590. The van der Waals surface area contributed by atoms with Gasteiger partial charge in [0.2, 0.25) is 0 Å². The minimum atomic E-state index is -0.328. The van der Waals surface area contributed by atoms with Crippen LogP contribution in [0.1, 0.15) is 79.0 Å². The summed E-state index contributed by atoms with van der Waals surface area (Å²) >= 11 is 0. The molecule has 2 aliphatic heterocycles. The smallest absolute Gasteiger partial charge is 0.252 e. The number of fused-ring (bicyclic) bond motifs is 8. The van der Waals surface area contributed by atoms with E-state index in [1.165, 1.54) is 131 Å². The summed E-state index contributed by atoms with van der Waals surface area (Å²) in [5.41, 5.74) is 30.1. The second-order valence-corrected chi connectivity index (χ2v) is 32.0. The lowest BCUT2D eigenvalue weighted by Gasteiger charge is -2.47. The molecule has 0 fully saturated rings. The van der Waals surface area contributed by atoms with Crippen LogP contribution < -0.4 is 26.2 Å². The highest BCUT2D eigenvalue weighted by molar-refractivity contribution is 7.00. The predicted molar refractivity (Wildman–Crippen MR) is 442 cm³/mol. The van der Waals surface area contributed by atoms with Crippen molar-refractivity contribution in [1.82, 2.24) is 9.13 Å². The number of anilines is 6. The molecule has 18 aromatic rings. The molecule has 0 radical (unpaired) electrons. The number of hydrogen-bond donors (Lipinski definition) is 0. The van der Waals surface area contributed by atoms with E-state index in [4.69, 9.17) is 0 Å². The third-order valence-corrected chi connectivity index (χ3v) is 22.8. The van der Waals surface area contributed by atoms with Crippen LogP contribution in [-0.4, -0.2) is 15.8 Å². The molecule has 0 unspecified atom stereocenters. The number of para-hydroxylation sites is 2. The van der Waals surface area contributed by atoms with E-state index < -0.39 is 0 Å². The van der Waals surface area contributed by atoms with Crippen LogP contribution in [0.2, 0.25) is 0 Å². The van der Waals surface area contributed by atoms with Crippen LogP contribution >= 0.6 is 0 Å².